The molecule has 2 fully saturated rings. The Hall–Kier alpha value is -1.30. The minimum absolute atomic E-state index is 0.0125. The molecule has 2 N–H and O–H groups in total. The Morgan fingerprint density at radius 1 is 1.53 bits per heavy atom. The van der Waals surface area contributed by atoms with Gasteiger partial charge in [0.1, 0.15) is 0 Å². The SMILES string of the molecule is COC(CNC(=O)N1CC2CCC1C2)C(=O)O. The Balaban J connectivity index is 1.79. The van der Waals surface area contributed by atoms with Gasteiger partial charge in [0, 0.05) is 19.7 Å². The molecule has 0 spiro atoms. The Labute approximate surface area is 99.9 Å². The molecule has 1 saturated heterocycles. The van der Waals surface area contributed by atoms with Gasteiger partial charge in [0.15, 0.2) is 6.10 Å². The van der Waals surface area contributed by atoms with E-state index in [1.807, 2.05) is 4.90 Å². The van der Waals surface area contributed by atoms with Crippen LogP contribution in [0, 0.1) is 5.92 Å². The first-order chi connectivity index (χ1) is 8.11. The van der Waals surface area contributed by atoms with Crippen LogP contribution >= 0.6 is 0 Å². The van der Waals surface area contributed by atoms with Crippen molar-refractivity contribution in [2.45, 2.75) is 31.4 Å². The molecule has 2 bridgehead atoms. The van der Waals surface area contributed by atoms with Crippen LogP contribution in [0.1, 0.15) is 19.3 Å². The molecule has 6 heteroatoms. The normalized spacial score (nSPS) is 28.2. The van der Waals surface area contributed by atoms with Crippen LogP contribution in [0.15, 0.2) is 0 Å². The summed E-state index contributed by atoms with van der Waals surface area (Å²) in [5.74, 6) is -0.417. The number of aliphatic carboxylic acids is 1. The third-order valence-electron chi connectivity index (χ3n) is 3.67. The zero-order valence-electron chi connectivity index (χ0n) is 9.89. The molecule has 6 nitrogen and oxygen atoms in total. The van der Waals surface area contributed by atoms with Gasteiger partial charge in [0.2, 0.25) is 0 Å². The minimum atomic E-state index is -1.06. The van der Waals surface area contributed by atoms with E-state index in [4.69, 9.17) is 9.84 Å². The predicted octanol–water partition coefficient (Wildman–Crippen LogP) is 0.280. The number of urea groups is 1. The van der Waals surface area contributed by atoms with Crippen LogP contribution in [0.4, 0.5) is 4.79 Å². The summed E-state index contributed by atoms with van der Waals surface area (Å²) in [7, 11) is 1.32. The standard InChI is InChI=1S/C11H18N2O4/c1-17-9(10(14)15)5-12-11(16)13-6-7-2-3-8(13)4-7/h7-9H,2-6H2,1H3,(H,12,16)(H,14,15). The largest absolute Gasteiger partial charge is 0.479 e. The van der Waals surface area contributed by atoms with Crippen molar-refractivity contribution in [3.8, 4) is 0 Å². The summed E-state index contributed by atoms with van der Waals surface area (Å²) in [5, 5.41) is 11.4. The molecule has 17 heavy (non-hydrogen) atoms. The van der Waals surface area contributed by atoms with E-state index in [1.54, 1.807) is 0 Å². The molecular formula is C11H18N2O4. The summed E-state index contributed by atoms with van der Waals surface area (Å²) >= 11 is 0. The molecule has 0 radical (unpaired) electrons. The number of carbonyl (C=O) groups is 2. The van der Waals surface area contributed by atoms with E-state index in [1.165, 1.54) is 13.5 Å². The number of nitrogens with zero attached hydrogens (tertiary/aromatic N) is 1. The van der Waals surface area contributed by atoms with E-state index in [0.29, 0.717) is 12.0 Å². The van der Waals surface area contributed by atoms with Crippen LogP contribution in [-0.4, -0.2) is 54.4 Å². The van der Waals surface area contributed by atoms with Gasteiger partial charge in [0.25, 0.3) is 0 Å². The van der Waals surface area contributed by atoms with Crippen molar-refractivity contribution in [3.05, 3.63) is 0 Å². The van der Waals surface area contributed by atoms with E-state index in [0.717, 1.165) is 19.4 Å². The van der Waals surface area contributed by atoms with Crippen LogP contribution in [-0.2, 0) is 9.53 Å². The van der Waals surface area contributed by atoms with Crippen molar-refractivity contribution in [3.63, 3.8) is 0 Å². The van der Waals surface area contributed by atoms with Crippen LogP contribution < -0.4 is 5.32 Å². The second-order valence-corrected chi connectivity index (χ2v) is 4.73. The maximum Gasteiger partial charge on any atom is 0.334 e. The summed E-state index contributed by atoms with van der Waals surface area (Å²) in [5.41, 5.74) is 0. The lowest BCUT2D eigenvalue weighted by molar-refractivity contribution is -0.148. The number of carboxylic acids is 1. The number of carboxylic acid groups (broad SMARTS) is 1. The number of methoxy groups -OCH3 is 1. The quantitative estimate of drug-likeness (QED) is 0.742. The molecule has 0 aromatic heterocycles. The highest BCUT2D eigenvalue weighted by Gasteiger charge is 2.40. The number of piperidine rings is 1. The zero-order valence-corrected chi connectivity index (χ0v) is 9.89. The van der Waals surface area contributed by atoms with Gasteiger partial charge in [0.05, 0.1) is 6.54 Å². The lowest BCUT2D eigenvalue weighted by Gasteiger charge is -2.27. The van der Waals surface area contributed by atoms with Crippen LogP contribution in [0.2, 0.25) is 0 Å². The number of hydrogen-bond acceptors (Lipinski definition) is 3. The van der Waals surface area contributed by atoms with Gasteiger partial charge in [-0.3, -0.25) is 0 Å². The fourth-order valence-corrected chi connectivity index (χ4v) is 2.73. The maximum absolute atomic E-state index is 11.8. The van der Waals surface area contributed by atoms with E-state index >= 15 is 0 Å². The Morgan fingerprint density at radius 3 is 2.76 bits per heavy atom. The number of carbonyl (C=O) groups excluding carboxylic acids is 1. The molecule has 0 aromatic rings. The molecule has 3 atom stereocenters. The summed E-state index contributed by atoms with van der Waals surface area (Å²) in [6, 6.07) is 0.186. The molecule has 0 aromatic carbocycles. The van der Waals surface area contributed by atoms with Crippen molar-refractivity contribution in [1.82, 2.24) is 10.2 Å². The monoisotopic (exact) mass is 242 g/mol. The third kappa shape index (κ3) is 2.52. The fourth-order valence-electron chi connectivity index (χ4n) is 2.73. The summed E-state index contributed by atoms with van der Waals surface area (Å²) < 4.78 is 4.75. The smallest absolute Gasteiger partial charge is 0.334 e. The van der Waals surface area contributed by atoms with Gasteiger partial charge < -0.3 is 20.1 Å². The fraction of sp³-hybridized carbons (Fsp3) is 0.818. The van der Waals surface area contributed by atoms with Gasteiger partial charge >= 0.3 is 12.0 Å². The molecule has 2 amide bonds. The number of hydrogen-bond donors (Lipinski definition) is 2. The summed E-state index contributed by atoms with van der Waals surface area (Å²) in [4.78, 5) is 24.4. The second kappa shape index (κ2) is 4.91. The van der Waals surface area contributed by atoms with Crippen molar-refractivity contribution >= 4 is 12.0 Å². The summed E-state index contributed by atoms with van der Waals surface area (Å²) in [6.07, 6.45) is 2.41. The van der Waals surface area contributed by atoms with Crippen LogP contribution in [0.5, 0.6) is 0 Å². The van der Waals surface area contributed by atoms with Gasteiger partial charge in [-0.15, -0.1) is 0 Å². The summed E-state index contributed by atoms with van der Waals surface area (Å²) in [6.45, 7) is 0.819. The highest BCUT2D eigenvalue weighted by molar-refractivity contribution is 5.77. The average Bonchev–Trinajstić information content (AvgIpc) is 2.90. The third-order valence-corrected chi connectivity index (χ3v) is 3.67. The predicted molar refractivity (Wildman–Crippen MR) is 59.7 cm³/mol. The molecule has 3 unspecified atom stereocenters. The zero-order chi connectivity index (χ0) is 12.4. The van der Waals surface area contributed by atoms with Crippen molar-refractivity contribution in [2.24, 2.45) is 5.92 Å². The molecule has 96 valence electrons. The van der Waals surface area contributed by atoms with E-state index in [2.05, 4.69) is 5.32 Å². The number of fused-ring (bicyclic) bond motifs is 2. The molecule has 2 rings (SSSR count). The van der Waals surface area contributed by atoms with Crippen molar-refractivity contribution in [1.29, 1.82) is 0 Å². The number of nitrogens with one attached hydrogen (secondary N) is 1. The Morgan fingerprint density at radius 2 is 2.29 bits per heavy atom. The lowest BCUT2D eigenvalue weighted by atomic mass is 10.1. The van der Waals surface area contributed by atoms with Gasteiger partial charge in [-0.25, -0.2) is 9.59 Å². The first-order valence-electron chi connectivity index (χ1n) is 5.92. The average molecular weight is 242 g/mol. The topological polar surface area (TPSA) is 78.9 Å². The van der Waals surface area contributed by atoms with E-state index < -0.39 is 12.1 Å². The Bertz CT molecular complexity index is 321. The van der Waals surface area contributed by atoms with E-state index in [-0.39, 0.29) is 12.6 Å². The molecule has 2 aliphatic rings. The van der Waals surface area contributed by atoms with Gasteiger partial charge in [-0.2, -0.15) is 0 Å². The molecular weight excluding hydrogens is 224 g/mol. The van der Waals surface area contributed by atoms with Gasteiger partial charge in [-0.05, 0) is 25.2 Å². The first kappa shape index (κ1) is 12.2. The maximum atomic E-state index is 11.8. The van der Waals surface area contributed by atoms with Crippen molar-refractivity contribution < 1.29 is 19.4 Å². The molecule has 1 saturated carbocycles. The van der Waals surface area contributed by atoms with Crippen LogP contribution in [0.25, 0.3) is 0 Å². The number of amides is 2. The van der Waals surface area contributed by atoms with E-state index in [9.17, 15) is 9.59 Å². The number of likely N-dealkylation sites (tertiary alicyclic amines) is 1. The highest BCUT2D eigenvalue weighted by atomic mass is 16.5. The first-order valence-corrected chi connectivity index (χ1v) is 5.92. The second-order valence-electron chi connectivity index (χ2n) is 4.73. The molecule has 1 aliphatic heterocycles. The lowest BCUT2D eigenvalue weighted by Crippen LogP contribution is -2.47. The highest BCUT2D eigenvalue weighted by Crippen LogP contribution is 2.37. The van der Waals surface area contributed by atoms with Gasteiger partial charge in [-0.1, -0.05) is 0 Å². The van der Waals surface area contributed by atoms with Crippen molar-refractivity contribution in [2.75, 3.05) is 20.2 Å². The Kier molecular flexibility index (Phi) is 3.51. The minimum Gasteiger partial charge on any atom is -0.479 e. The number of rotatable bonds is 4. The molecule has 1 aliphatic carbocycles. The molecule has 1 heterocycles. The van der Waals surface area contributed by atoms with Crippen LogP contribution in [0.3, 0.4) is 0 Å². The number of ether oxygens (including phenoxy) is 1.